The molecular weight excluding hydrogens is 985 g/mol. The van der Waals surface area contributed by atoms with Crippen LogP contribution in [0.3, 0.4) is 0 Å². The summed E-state index contributed by atoms with van der Waals surface area (Å²) in [6.07, 6.45) is 85.0. The van der Waals surface area contributed by atoms with Gasteiger partial charge >= 0.3 is 17.9 Å². The maximum absolute atomic E-state index is 12.9. The second kappa shape index (κ2) is 69.4. The molecule has 0 aromatic rings. The van der Waals surface area contributed by atoms with Crippen LogP contribution in [0.15, 0.2) is 24.3 Å². The quantitative estimate of drug-likeness (QED) is 0.0261. The fourth-order valence-electron chi connectivity index (χ4n) is 11.2. The summed E-state index contributed by atoms with van der Waals surface area (Å²) in [6.45, 7) is 6.71. The van der Waals surface area contributed by atoms with Crippen molar-refractivity contribution in [2.75, 3.05) is 13.2 Å². The zero-order valence-electron chi connectivity index (χ0n) is 54.4. The van der Waals surface area contributed by atoms with E-state index >= 15 is 0 Å². The first-order chi connectivity index (χ1) is 39.5. The van der Waals surface area contributed by atoms with Gasteiger partial charge in [-0.25, -0.2) is 0 Å². The normalized spacial score (nSPS) is 12.1. The molecule has 0 radical (unpaired) electrons. The molecule has 80 heavy (non-hydrogen) atoms. The van der Waals surface area contributed by atoms with Crippen molar-refractivity contribution in [2.24, 2.45) is 0 Å². The highest BCUT2D eigenvalue weighted by molar-refractivity contribution is 5.71. The monoisotopic (exact) mass is 1130 g/mol. The van der Waals surface area contributed by atoms with Crippen LogP contribution >= 0.6 is 0 Å². The third kappa shape index (κ3) is 66.7. The number of hydrogen-bond donors (Lipinski definition) is 0. The zero-order chi connectivity index (χ0) is 57.8. The third-order valence-corrected chi connectivity index (χ3v) is 16.7. The van der Waals surface area contributed by atoms with Gasteiger partial charge in [-0.05, 0) is 70.6 Å². The molecule has 0 saturated carbocycles. The molecule has 0 bridgehead atoms. The Kier molecular flexibility index (Phi) is 67.6. The van der Waals surface area contributed by atoms with Gasteiger partial charge in [0.05, 0.1) is 0 Å². The Hall–Kier alpha value is -2.11. The maximum Gasteiger partial charge on any atom is 0.306 e. The SMILES string of the molecule is CCCCCCCC/C=C\CCCCCCCCCC(=O)OCC(COC(=O)CCCCCCCCCCCCCCCCCCCCCCCCCCCCCC)OC(=O)CCCCCCCCC/C=C\CCCCCCCC. The minimum atomic E-state index is -0.774. The van der Waals surface area contributed by atoms with Gasteiger partial charge in [0.1, 0.15) is 13.2 Å². The Balaban J connectivity index is 4.21. The number of carbonyl (C=O) groups is 3. The fraction of sp³-hybridized carbons (Fsp3) is 0.905. The van der Waals surface area contributed by atoms with Crippen LogP contribution in [0, 0.1) is 0 Å². The first-order valence-corrected chi connectivity index (χ1v) is 36.3. The van der Waals surface area contributed by atoms with Crippen LogP contribution in [0.5, 0.6) is 0 Å². The maximum atomic E-state index is 12.9. The van der Waals surface area contributed by atoms with E-state index in [1.807, 2.05) is 0 Å². The average Bonchev–Trinajstić information content (AvgIpc) is 3.46. The van der Waals surface area contributed by atoms with Crippen LogP contribution in [0.2, 0.25) is 0 Å². The number of hydrogen-bond acceptors (Lipinski definition) is 6. The number of allylic oxidation sites excluding steroid dienone is 4. The first kappa shape index (κ1) is 77.9. The van der Waals surface area contributed by atoms with E-state index in [-0.39, 0.29) is 31.1 Å². The van der Waals surface area contributed by atoms with Gasteiger partial charge in [0.15, 0.2) is 6.10 Å². The van der Waals surface area contributed by atoms with Gasteiger partial charge in [0, 0.05) is 19.3 Å². The molecule has 0 heterocycles. The van der Waals surface area contributed by atoms with E-state index in [0.29, 0.717) is 19.3 Å². The molecule has 0 fully saturated rings. The summed E-state index contributed by atoms with van der Waals surface area (Å²) in [5, 5.41) is 0. The van der Waals surface area contributed by atoms with Gasteiger partial charge in [-0.1, -0.05) is 347 Å². The number of esters is 3. The molecule has 0 aliphatic heterocycles. The summed E-state index contributed by atoms with van der Waals surface area (Å²) >= 11 is 0. The highest BCUT2D eigenvalue weighted by Crippen LogP contribution is 2.19. The molecule has 6 nitrogen and oxygen atoms in total. The highest BCUT2D eigenvalue weighted by atomic mass is 16.6. The molecule has 0 spiro atoms. The molecule has 0 aliphatic rings. The van der Waals surface area contributed by atoms with Gasteiger partial charge in [-0.3, -0.25) is 14.4 Å². The first-order valence-electron chi connectivity index (χ1n) is 36.3. The van der Waals surface area contributed by atoms with E-state index in [2.05, 4.69) is 45.1 Å². The predicted molar refractivity (Wildman–Crippen MR) is 349 cm³/mol. The van der Waals surface area contributed by atoms with Crippen molar-refractivity contribution >= 4 is 17.9 Å². The van der Waals surface area contributed by atoms with Crippen LogP contribution < -0.4 is 0 Å². The summed E-state index contributed by atoms with van der Waals surface area (Å²) in [6, 6.07) is 0. The molecule has 6 heteroatoms. The smallest absolute Gasteiger partial charge is 0.306 e. The number of rotatable bonds is 68. The molecule has 0 aliphatic carbocycles. The topological polar surface area (TPSA) is 78.9 Å². The molecule has 0 rings (SSSR count). The van der Waals surface area contributed by atoms with Crippen molar-refractivity contribution < 1.29 is 28.6 Å². The van der Waals surface area contributed by atoms with Crippen LogP contribution in [0.1, 0.15) is 412 Å². The van der Waals surface area contributed by atoms with E-state index in [4.69, 9.17) is 14.2 Å². The summed E-state index contributed by atoms with van der Waals surface area (Å²) in [4.78, 5) is 38.5. The molecule has 0 aromatic heterocycles. The van der Waals surface area contributed by atoms with E-state index < -0.39 is 6.10 Å². The Morgan fingerprint density at radius 1 is 0.237 bits per heavy atom. The molecule has 1 unspecified atom stereocenters. The van der Waals surface area contributed by atoms with Crippen molar-refractivity contribution in [2.45, 2.75) is 419 Å². The van der Waals surface area contributed by atoms with E-state index in [9.17, 15) is 14.4 Å². The zero-order valence-corrected chi connectivity index (χ0v) is 54.4. The van der Waals surface area contributed by atoms with Crippen LogP contribution in [0.4, 0.5) is 0 Å². The van der Waals surface area contributed by atoms with Gasteiger partial charge in [0.2, 0.25) is 0 Å². The summed E-state index contributed by atoms with van der Waals surface area (Å²) in [5.41, 5.74) is 0. The molecule has 1 atom stereocenters. The van der Waals surface area contributed by atoms with Gasteiger partial charge in [-0.15, -0.1) is 0 Å². The Morgan fingerprint density at radius 3 is 0.625 bits per heavy atom. The molecular formula is C74H140O6. The lowest BCUT2D eigenvalue weighted by molar-refractivity contribution is -0.167. The minimum absolute atomic E-state index is 0.0689. The number of carbonyl (C=O) groups excluding carboxylic acids is 3. The highest BCUT2D eigenvalue weighted by Gasteiger charge is 2.19. The second-order valence-corrected chi connectivity index (χ2v) is 24.9. The van der Waals surface area contributed by atoms with Crippen molar-refractivity contribution in [3.63, 3.8) is 0 Å². The van der Waals surface area contributed by atoms with Crippen LogP contribution in [-0.4, -0.2) is 37.2 Å². The Morgan fingerprint density at radius 2 is 0.412 bits per heavy atom. The third-order valence-electron chi connectivity index (χ3n) is 16.7. The lowest BCUT2D eigenvalue weighted by atomic mass is 10.0. The van der Waals surface area contributed by atoms with E-state index in [1.165, 1.54) is 315 Å². The molecule has 0 saturated heterocycles. The minimum Gasteiger partial charge on any atom is -0.462 e. The Bertz CT molecular complexity index is 1290. The van der Waals surface area contributed by atoms with Gasteiger partial charge in [-0.2, -0.15) is 0 Å². The van der Waals surface area contributed by atoms with Crippen molar-refractivity contribution in [1.82, 2.24) is 0 Å². The van der Waals surface area contributed by atoms with Crippen molar-refractivity contribution in [3.05, 3.63) is 24.3 Å². The van der Waals surface area contributed by atoms with E-state index in [1.54, 1.807) is 0 Å². The lowest BCUT2D eigenvalue weighted by Gasteiger charge is -2.18. The largest absolute Gasteiger partial charge is 0.462 e. The van der Waals surface area contributed by atoms with E-state index in [0.717, 1.165) is 57.8 Å². The summed E-state index contributed by atoms with van der Waals surface area (Å²) in [7, 11) is 0. The van der Waals surface area contributed by atoms with Gasteiger partial charge < -0.3 is 14.2 Å². The number of unbranched alkanes of at least 4 members (excludes halogenated alkanes) is 53. The molecule has 472 valence electrons. The van der Waals surface area contributed by atoms with Crippen LogP contribution in [0.25, 0.3) is 0 Å². The average molecular weight is 1130 g/mol. The summed E-state index contributed by atoms with van der Waals surface area (Å²) in [5.74, 6) is -0.846. The van der Waals surface area contributed by atoms with Gasteiger partial charge in [0.25, 0.3) is 0 Å². The fourth-order valence-corrected chi connectivity index (χ4v) is 11.2. The van der Waals surface area contributed by atoms with Crippen LogP contribution in [-0.2, 0) is 28.6 Å². The molecule has 0 amide bonds. The predicted octanol–water partition coefficient (Wildman–Crippen LogP) is 25.0. The van der Waals surface area contributed by atoms with Crippen molar-refractivity contribution in [3.8, 4) is 0 Å². The molecule has 0 N–H and O–H groups in total. The lowest BCUT2D eigenvalue weighted by Crippen LogP contribution is -2.30. The second-order valence-electron chi connectivity index (χ2n) is 24.9. The summed E-state index contributed by atoms with van der Waals surface area (Å²) < 4.78 is 17.0. The number of ether oxygens (including phenoxy) is 3. The molecule has 0 aromatic carbocycles. The standard InChI is InChI=1S/C74H140O6/c1-4-7-10-13-16-19-22-25-28-31-32-33-34-35-36-37-38-39-40-41-44-46-49-52-55-58-61-64-67-73(76)79-70-71(80-74(77)68-65-62-59-56-53-50-47-43-30-27-24-21-18-15-12-9-6-3)69-78-72(75)66-63-60-57-54-51-48-45-42-29-26-23-20-17-14-11-8-5-2/h26-27,29-30,71H,4-25,28,31-70H2,1-3H3/b29-26-,30-27-. The van der Waals surface area contributed by atoms with Crippen molar-refractivity contribution in [1.29, 1.82) is 0 Å². The Labute approximate surface area is 500 Å².